The number of rotatable bonds is 18. The molecule has 1 amide bonds. The summed E-state index contributed by atoms with van der Waals surface area (Å²) in [6.45, 7) is 6.98. The number of nitrogens with zero attached hydrogens (tertiary/aromatic N) is 8. The number of fused-ring (bicyclic) bond motifs is 2. The molecule has 0 bridgehead atoms. The van der Waals surface area contributed by atoms with Crippen LogP contribution in [0, 0.1) is 0 Å². The molecule has 4 aromatic carbocycles. The predicted octanol–water partition coefficient (Wildman–Crippen LogP) is 8.14. The Morgan fingerprint density at radius 3 is 1.60 bits per heavy atom. The highest BCUT2D eigenvalue weighted by atomic mass is 16.5. The van der Waals surface area contributed by atoms with E-state index in [4.69, 9.17) is 25.2 Å². The number of aromatic nitrogens is 4. The van der Waals surface area contributed by atoms with Gasteiger partial charge in [-0.2, -0.15) is 0 Å². The van der Waals surface area contributed by atoms with Crippen LogP contribution in [0.2, 0.25) is 0 Å². The average molecular weight is 915 g/mol. The zero-order chi connectivity index (χ0) is 48.3. The van der Waals surface area contributed by atoms with Crippen LogP contribution < -0.4 is 41.0 Å². The largest absolute Gasteiger partial charge is 0.494 e. The standard InChI is InChI=1S/C28H32N6O2.C25H30N6O/c1-6-27(35)30-23-17-24(26(36-5)18-25(23)34(4)16-15-33(2)3)32-28-29-14-13-22(31-28)21-12-11-19-9-7-8-10-20(19)21;1-30(2)13-14-31(3)23-16-24(32-4)22(15-20(23)26)29-25-27-12-11-21(28-25)19-10-9-17-7-5-6-8-18(17)19/h6-10,12-14,17-18H,1,11,15-16H2,2-5H3,(H,30,35)(H,29,31,32);5-8,10-12,15-16H,9,13-14,26H2,1-4H3,(H,27,28,29). The second-order valence-corrected chi connectivity index (χ2v) is 17.1. The van der Waals surface area contributed by atoms with E-state index in [-0.39, 0.29) is 5.91 Å². The Morgan fingerprint density at radius 1 is 0.647 bits per heavy atom. The number of benzene rings is 4. The molecule has 0 unspecified atom stereocenters. The molecule has 15 nitrogen and oxygen atoms in total. The smallest absolute Gasteiger partial charge is 0.247 e. The lowest BCUT2D eigenvalue weighted by Crippen LogP contribution is -2.29. The summed E-state index contributed by atoms with van der Waals surface area (Å²) in [7, 11) is 15.4. The molecule has 0 aliphatic heterocycles. The van der Waals surface area contributed by atoms with Gasteiger partial charge in [0, 0.05) is 75.9 Å². The first-order valence-corrected chi connectivity index (χ1v) is 22.5. The minimum atomic E-state index is -0.293. The first-order valence-electron chi connectivity index (χ1n) is 22.5. The molecule has 0 saturated heterocycles. The molecular formula is C53H62N12O3. The molecule has 352 valence electrons. The molecular weight excluding hydrogens is 853 g/mol. The third-order valence-electron chi connectivity index (χ3n) is 11.7. The third-order valence-corrected chi connectivity index (χ3v) is 11.7. The lowest BCUT2D eigenvalue weighted by molar-refractivity contribution is -0.111. The molecule has 0 radical (unpaired) electrons. The highest BCUT2D eigenvalue weighted by Crippen LogP contribution is 2.40. The summed E-state index contributed by atoms with van der Waals surface area (Å²) >= 11 is 0. The number of amides is 1. The minimum Gasteiger partial charge on any atom is -0.494 e. The summed E-state index contributed by atoms with van der Waals surface area (Å²) in [6.07, 6.45) is 11.0. The Kier molecular flexibility index (Phi) is 15.7. The van der Waals surface area contributed by atoms with E-state index in [9.17, 15) is 4.79 Å². The maximum absolute atomic E-state index is 12.2. The van der Waals surface area contributed by atoms with Crippen LogP contribution in [0.3, 0.4) is 0 Å². The molecule has 8 rings (SSSR count). The van der Waals surface area contributed by atoms with Gasteiger partial charge in [-0.05, 0) is 93.6 Å². The minimum absolute atomic E-state index is 0.293. The van der Waals surface area contributed by atoms with Crippen molar-refractivity contribution < 1.29 is 14.3 Å². The maximum Gasteiger partial charge on any atom is 0.247 e. The van der Waals surface area contributed by atoms with Crippen LogP contribution in [0.25, 0.3) is 11.1 Å². The molecule has 2 heterocycles. The van der Waals surface area contributed by atoms with Gasteiger partial charge in [-0.3, -0.25) is 4.79 Å². The molecule has 68 heavy (non-hydrogen) atoms. The van der Waals surface area contributed by atoms with Gasteiger partial charge >= 0.3 is 0 Å². The number of anilines is 8. The molecule has 2 aromatic heterocycles. The van der Waals surface area contributed by atoms with Crippen LogP contribution in [0.1, 0.15) is 33.6 Å². The number of ether oxygens (including phenoxy) is 2. The van der Waals surface area contributed by atoms with Gasteiger partial charge in [0.05, 0.1) is 59.7 Å². The Balaban J connectivity index is 0.000000203. The molecule has 6 aromatic rings. The second-order valence-electron chi connectivity index (χ2n) is 17.1. The average Bonchev–Trinajstić information content (AvgIpc) is 3.98. The van der Waals surface area contributed by atoms with Crippen molar-refractivity contribution in [2.45, 2.75) is 12.8 Å². The fourth-order valence-electron chi connectivity index (χ4n) is 7.99. The predicted molar refractivity (Wildman–Crippen MR) is 278 cm³/mol. The Morgan fingerprint density at radius 2 is 1.12 bits per heavy atom. The van der Waals surface area contributed by atoms with Gasteiger partial charge in [0.25, 0.3) is 0 Å². The molecule has 0 saturated carbocycles. The van der Waals surface area contributed by atoms with Gasteiger partial charge in [0.1, 0.15) is 11.5 Å². The number of carbonyl (C=O) groups excluding carboxylic acids is 1. The van der Waals surface area contributed by atoms with Crippen molar-refractivity contribution >= 4 is 63.1 Å². The Bertz CT molecular complexity index is 2820. The summed E-state index contributed by atoms with van der Waals surface area (Å²) < 4.78 is 11.3. The van der Waals surface area contributed by atoms with Crippen molar-refractivity contribution in [1.82, 2.24) is 29.7 Å². The summed E-state index contributed by atoms with van der Waals surface area (Å²) in [6, 6.07) is 28.2. The first kappa shape index (κ1) is 48.2. The molecule has 0 atom stereocenters. The van der Waals surface area contributed by atoms with Crippen molar-refractivity contribution in [3.63, 3.8) is 0 Å². The Labute approximate surface area is 400 Å². The lowest BCUT2D eigenvalue weighted by Gasteiger charge is -2.26. The van der Waals surface area contributed by atoms with E-state index in [0.29, 0.717) is 40.5 Å². The van der Waals surface area contributed by atoms with E-state index < -0.39 is 0 Å². The van der Waals surface area contributed by atoms with E-state index in [1.807, 2.05) is 70.7 Å². The molecule has 2 aliphatic rings. The van der Waals surface area contributed by atoms with Gasteiger partial charge in [-0.1, -0.05) is 67.3 Å². The van der Waals surface area contributed by atoms with Crippen molar-refractivity contribution in [2.24, 2.45) is 0 Å². The number of nitrogen functional groups attached to an aromatic ring is 1. The summed E-state index contributed by atoms with van der Waals surface area (Å²) in [4.78, 5) is 39.0. The van der Waals surface area contributed by atoms with Crippen molar-refractivity contribution in [3.05, 3.63) is 156 Å². The second kappa shape index (κ2) is 22.2. The van der Waals surface area contributed by atoms with Crippen molar-refractivity contribution in [2.75, 3.05) is 114 Å². The number of nitrogens with one attached hydrogen (secondary N) is 3. The molecule has 2 aliphatic carbocycles. The topological polar surface area (TPSA) is 162 Å². The fourth-order valence-corrected chi connectivity index (χ4v) is 7.99. The van der Waals surface area contributed by atoms with Crippen molar-refractivity contribution in [1.29, 1.82) is 0 Å². The third kappa shape index (κ3) is 11.6. The van der Waals surface area contributed by atoms with E-state index in [2.05, 4.69) is 121 Å². The monoisotopic (exact) mass is 915 g/mol. The number of nitrogens with two attached hydrogens (primary N) is 1. The first-order chi connectivity index (χ1) is 32.8. The van der Waals surface area contributed by atoms with E-state index in [1.54, 1.807) is 26.6 Å². The number of hydrogen-bond acceptors (Lipinski definition) is 14. The maximum atomic E-state index is 12.2. The summed E-state index contributed by atoms with van der Waals surface area (Å²) in [5.74, 6) is 1.94. The summed E-state index contributed by atoms with van der Waals surface area (Å²) in [5, 5.41) is 9.48. The molecule has 0 spiro atoms. The fraction of sp³-hybridized carbons (Fsp3) is 0.264. The number of hydrogen-bond donors (Lipinski definition) is 4. The quantitative estimate of drug-likeness (QED) is 0.0483. The van der Waals surface area contributed by atoms with Crippen LogP contribution in [0.15, 0.2) is 122 Å². The summed E-state index contributed by atoms with van der Waals surface area (Å²) in [5.41, 5.74) is 19.8. The number of likely N-dealkylation sites (N-methyl/N-ethyl adjacent to an activating group) is 4. The molecule has 0 fully saturated rings. The van der Waals surface area contributed by atoms with Gasteiger partial charge < -0.3 is 50.8 Å². The molecule has 15 heteroatoms. The highest BCUT2D eigenvalue weighted by molar-refractivity contribution is 6.02. The number of allylic oxidation sites excluding steroid dienone is 2. The van der Waals surface area contributed by atoms with Gasteiger partial charge in [-0.25, -0.2) is 19.9 Å². The van der Waals surface area contributed by atoms with Gasteiger partial charge in [-0.15, -0.1) is 0 Å². The lowest BCUT2D eigenvalue weighted by atomic mass is 10.0. The van der Waals surface area contributed by atoms with E-state index in [1.165, 1.54) is 28.3 Å². The van der Waals surface area contributed by atoms with Crippen LogP contribution in [0.4, 0.5) is 46.0 Å². The van der Waals surface area contributed by atoms with Crippen LogP contribution in [-0.4, -0.2) is 118 Å². The normalized spacial score (nSPS) is 12.3. The molecule has 5 N–H and O–H groups in total. The van der Waals surface area contributed by atoms with Crippen LogP contribution in [-0.2, 0) is 17.6 Å². The van der Waals surface area contributed by atoms with Gasteiger partial charge in [0.15, 0.2) is 0 Å². The zero-order valence-corrected chi connectivity index (χ0v) is 40.3. The van der Waals surface area contributed by atoms with E-state index >= 15 is 0 Å². The van der Waals surface area contributed by atoms with Crippen molar-refractivity contribution in [3.8, 4) is 11.5 Å². The van der Waals surface area contributed by atoms with Crippen LogP contribution in [0.5, 0.6) is 11.5 Å². The Hall–Kier alpha value is -7.75. The number of carbonyl (C=O) groups is 1. The number of methoxy groups -OCH3 is 2. The zero-order valence-electron chi connectivity index (χ0n) is 40.3. The van der Waals surface area contributed by atoms with Gasteiger partial charge in [0.2, 0.25) is 17.8 Å². The van der Waals surface area contributed by atoms with E-state index in [0.717, 1.165) is 78.6 Å². The highest BCUT2D eigenvalue weighted by Gasteiger charge is 2.21. The van der Waals surface area contributed by atoms with Crippen LogP contribution >= 0.6 is 0 Å². The SMILES string of the molecule is C=CC(=O)Nc1cc(Nc2nccc(C3=CCc4ccccc43)n2)c(OC)cc1N(C)CCN(C)C.COc1cc(N(C)CCN(C)C)c(N)cc1Nc1nccc(C2=CCc3ccccc32)n1.